The second kappa shape index (κ2) is 4.25. The van der Waals surface area contributed by atoms with Crippen LogP contribution in [0.3, 0.4) is 0 Å². The van der Waals surface area contributed by atoms with Crippen LogP contribution in [0.15, 0.2) is 0 Å². The van der Waals surface area contributed by atoms with E-state index in [1.165, 1.54) is 25.7 Å². The molecule has 0 aromatic heterocycles. The van der Waals surface area contributed by atoms with Crippen molar-refractivity contribution in [3.05, 3.63) is 0 Å². The van der Waals surface area contributed by atoms with Crippen molar-refractivity contribution < 1.29 is 9.90 Å². The molecule has 3 aliphatic heterocycles. The van der Waals surface area contributed by atoms with E-state index in [0.29, 0.717) is 0 Å². The molecule has 3 fully saturated rings. The van der Waals surface area contributed by atoms with Crippen LogP contribution in [0.2, 0.25) is 0 Å². The fraction of sp³-hybridized carbons (Fsp3) is 0.923. The molecule has 2 unspecified atom stereocenters. The highest BCUT2D eigenvalue weighted by Gasteiger charge is 2.57. The molecule has 2 atom stereocenters. The molecule has 96 valence electrons. The van der Waals surface area contributed by atoms with Crippen LogP contribution in [0, 0.1) is 0 Å². The first-order valence-corrected chi connectivity index (χ1v) is 6.97. The Bertz CT molecular complexity index is 315. The molecule has 0 aliphatic carbocycles. The van der Waals surface area contributed by atoms with Crippen molar-refractivity contribution >= 4 is 5.97 Å². The monoisotopic (exact) mass is 238 g/mol. The van der Waals surface area contributed by atoms with Crippen LogP contribution >= 0.6 is 0 Å². The fourth-order valence-corrected chi connectivity index (χ4v) is 4.15. The smallest absolute Gasteiger partial charge is 0.325 e. The van der Waals surface area contributed by atoms with Crippen molar-refractivity contribution in [2.24, 2.45) is 0 Å². The van der Waals surface area contributed by atoms with Gasteiger partial charge in [0.2, 0.25) is 0 Å². The topological polar surface area (TPSA) is 43.8 Å². The normalized spacial score (nSPS) is 39.4. The van der Waals surface area contributed by atoms with Gasteiger partial charge in [-0.15, -0.1) is 0 Å². The first-order chi connectivity index (χ1) is 8.25. The standard InChI is InChI=1S/C13H22N2O2/c16-12(17)13(15-8-3-4-9-15)6-10-14-7-2-1-5-11(13)14/h11H,1-10H2,(H,16,17). The molecular weight excluding hydrogens is 216 g/mol. The highest BCUT2D eigenvalue weighted by atomic mass is 16.4. The Balaban J connectivity index is 1.91. The molecule has 0 amide bonds. The quantitative estimate of drug-likeness (QED) is 0.784. The largest absolute Gasteiger partial charge is 0.480 e. The van der Waals surface area contributed by atoms with E-state index in [2.05, 4.69) is 9.80 Å². The first-order valence-electron chi connectivity index (χ1n) is 6.97. The van der Waals surface area contributed by atoms with Gasteiger partial charge in [0.05, 0.1) is 0 Å². The zero-order valence-electron chi connectivity index (χ0n) is 10.4. The van der Waals surface area contributed by atoms with Crippen molar-refractivity contribution in [2.75, 3.05) is 26.2 Å². The number of likely N-dealkylation sites (tertiary alicyclic amines) is 1. The molecule has 0 radical (unpaired) electrons. The molecule has 0 bridgehead atoms. The number of rotatable bonds is 2. The van der Waals surface area contributed by atoms with Crippen LogP contribution < -0.4 is 0 Å². The summed E-state index contributed by atoms with van der Waals surface area (Å²) < 4.78 is 0. The highest BCUT2D eigenvalue weighted by molar-refractivity contribution is 5.80. The molecule has 0 spiro atoms. The number of carboxylic acid groups (broad SMARTS) is 1. The SMILES string of the molecule is O=C(O)C1(N2CCCC2)CCN2CCCCC21. The first kappa shape index (κ1) is 11.5. The Labute approximate surface area is 103 Å². The zero-order chi connectivity index (χ0) is 11.9. The Morgan fingerprint density at radius 1 is 1.06 bits per heavy atom. The molecule has 0 saturated carbocycles. The van der Waals surface area contributed by atoms with Gasteiger partial charge in [0.25, 0.3) is 0 Å². The highest BCUT2D eigenvalue weighted by Crippen LogP contribution is 2.41. The molecule has 3 saturated heterocycles. The van der Waals surface area contributed by atoms with Crippen LogP contribution in [0.4, 0.5) is 0 Å². The maximum Gasteiger partial charge on any atom is 0.325 e. The summed E-state index contributed by atoms with van der Waals surface area (Å²) >= 11 is 0. The van der Waals surface area contributed by atoms with E-state index in [-0.39, 0.29) is 6.04 Å². The molecule has 4 heteroatoms. The van der Waals surface area contributed by atoms with E-state index in [1.54, 1.807) is 0 Å². The Morgan fingerprint density at radius 3 is 2.47 bits per heavy atom. The molecule has 0 aromatic carbocycles. The van der Waals surface area contributed by atoms with Gasteiger partial charge in [-0.05, 0) is 51.7 Å². The zero-order valence-corrected chi connectivity index (χ0v) is 10.4. The van der Waals surface area contributed by atoms with Crippen LogP contribution in [0.25, 0.3) is 0 Å². The third-order valence-corrected chi connectivity index (χ3v) is 4.99. The lowest BCUT2D eigenvalue weighted by atomic mass is 9.84. The van der Waals surface area contributed by atoms with Crippen LogP contribution in [0.1, 0.15) is 38.5 Å². The predicted octanol–water partition coefficient (Wildman–Crippen LogP) is 1.16. The van der Waals surface area contributed by atoms with E-state index in [9.17, 15) is 9.90 Å². The van der Waals surface area contributed by atoms with Gasteiger partial charge in [-0.25, -0.2) is 0 Å². The van der Waals surface area contributed by atoms with Crippen molar-refractivity contribution in [3.8, 4) is 0 Å². The molecule has 3 aliphatic rings. The lowest BCUT2D eigenvalue weighted by molar-refractivity contribution is -0.153. The number of aliphatic carboxylic acids is 1. The van der Waals surface area contributed by atoms with Crippen molar-refractivity contribution in [3.63, 3.8) is 0 Å². The van der Waals surface area contributed by atoms with Gasteiger partial charge in [-0.1, -0.05) is 6.42 Å². The minimum atomic E-state index is -0.575. The number of hydrogen-bond acceptors (Lipinski definition) is 3. The minimum Gasteiger partial charge on any atom is -0.480 e. The van der Waals surface area contributed by atoms with Gasteiger partial charge in [-0.2, -0.15) is 0 Å². The molecule has 1 N–H and O–H groups in total. The maximum absolute atomic E-state index is 11.9. The van der Waals surface area contributed by atoms with Gasteiger partial charge in [0, 0.05) is 12.6 Å². The van der Waals surface area contributed by atoms with E-state index in [0.717, 1.165) is 39.0 Å². The van der Waals surface area contributed by atoms with Crippen molar-refractivity contribution in [1.29, 1.82) is 0 Å². The van der Waals surface area contributed by atoms with E-state index in [1.807, 2.05) is 0 Å². The molecule has 4 nitrogen and oxygen atoms in total. The summed E-state index contributed by atoms with van der Waals surface area (Å²) in [6, 6.07) is 0.270. The summed E-state index contributed by atoms with van der Waals surface area (Å²) in [4.78, 5) is 16.6. The van der Waals surface area contributed by atoms with Crippen molar-refractivity contribution in [1.82, 2.24) is 9.80 Å². The summed E-state index contributed by atoms with van der Waals surface area (Å²) in [6.07, 6.45) is 6.68. The summed E-state index contributed by atoms with van der Waals surface area (Å²) in [7, 11) is 0. The van der Waals surface area contributed by atoms with E-state index < -0.39 is 11.5 Å². The van der Waals surface area contributed by atoms with Gasteiger partial charge >= 0.3 is 5.97 Å². The fourth-order valence-electron chi connectivity index (χ4n) is 4.15. The summed E-state index contributed by atoms with van der Waals surface area (Å²) in [6.45, 7) is 4.05. The summed E-state index contributed by atoms with van der Waals surface area (Å²) in [5, 5.41) is 9.79. The Kier molecular flexibility index (Phi) is 2.87. The molecule has 3 heterocycles. The second-order valence-corrected chi connectivity index (χ2v) is 5.72. The average molecular weight is 238 g/mol. The van der Waals surface area contributed by atoms with Gasteiger partial charge < -0.3 is 5.11 Å². The third-order valence-electron chi connectivity index (χ3n) is 4.99. The molecule has 0 aromatic rings. The van der Waals surface area contributed by atoms with Gasteiger partial charge in [0.15, 0.2) is 0 Å². The minimum absolute atomic E-state index is 0.270. The summed E-state index contributed by atoms with van der Waals surface area (Å²) in [5.74, 6) is -0.575. The van der Waals surface area contributed by atoms with Crippen molar-refractivity contribution in [2.45, 2.75) is 50.1 Å². The second-order valence-electron chi connectivity index (χ2n) is 5.72. The Hall–Kier alpha value is -0.610. The maximum atomic E-state index is 11.9. The van der Waals surface area contributed by atoms with Gasteiger partial charge in [0.1, 0.15) is 5.54 Å². The third kappa shape index (κ3) is 1.61. The lowest BCUT2D eigenvalue weighted by Crippen LogP contribution is -2.61. The van der Waals surface area contributed by atoms with E-state index >= 15 is 0 Å². The average Bonchev–Trinajstić information content (AvgIpc) is 2.96. The molecule has 17 heavy (non-hydrogen) atoms. The van der Waals surface area contributed by atoms with E-state index in [4.69, 9.17) is 0 Å². The number of carbonyl (C=O) groups is 1. The summed E-state index contributed by atoms with van der Waals surface area (Å²) in [5.41, 5.74) is -0.559. The number of hydrogen-bond donors (Lipinski definition) is 1. The van der Waals surface area contributed by atoms with Crippen LogP contribution in [0.5, 0.6) is 0 Å². The molecular formula is C13H22N2O2. The number of fused-ring (bicyclic) bond motifs is 1. The number of carboxylic acids is 1. The van der Waals surface area contributed by atoms with Crippen LogP contribution in [-0.2, 0) is 4.79 Å². The lowest BCUT2D eigenvalue weighted by Gasteiger charge is -2.43. The number of nitrogens with zero attached hydrogens (tertiary/aromatic N) is 2. The number of piperidine rings is 1. The van der Waals surface area contributed by atoms with Crippen LogP contribution in [-0.4, -0.2) is 58.6 Å². The Morgan fingerprint density at radius 2 is 1.76 bits per heavy atom. The molecule has 3 rings (SSSR count). The van der Waals surface area contributed by atoms with Gasteiger partial charge in [-0.3, -0.25) is 14.6 Å². The predicted molar refractivity (Wildman–Crippen MR) is 65.0 cm³/mol.